The van der Waals surface area contributed by atoms with Crippen molar-refractivity contribution >= 4 is 5.91 Å². The van der Waals surface area contributed by atoms with Crippen LogP contribution in [0, 0.1) is 6.92 Å². The average molecular weight is 329 g/mol. The molecule has 0 fully saturated rings. The van der Waals surface area contributed by atoms with Crippen LogP contribution in [-0.4, -0.2) is 34.7 Å². The van der Waals surface area contributed by atoms with Crippen molar-refractivity contribution in [2.45, 2.75) is 46.2 Å². The number of aromatic nitrogens is 2. The summed E-state index contributed by atoms with van der Waals surface area (Å²) in [7, 11) is 3.52. The van der Waals surface area contributed by atoms with Crippen LogP contribution < -0.4 is 4.74 Å². The molecule has 1 heterocycles. The van der Waals surface area contributed by atoms with Gasteiger partial charge in [0.1, 0.15) is 5.75 Å². The largest absolute Gasteiger partial charge is 0.497 e. The van der Waals surface area contributed by atoms with E-state index in [0.717, 1.165) is 36.4 Å². The zero-order chi connectivity index (χ0) is 17.5. The van der Waals surface area contributed by atoms with Crippen LogP contribution in [0.4, 0.5) is 0 Å². The Hall–Kier alpha value is -2.30. The maximum atomic E-state index is 12.3. The first-order valence-corrected chi connectivity index (χ1v) is 8.43. The minimum absolute atomic E-state index is 0.173. The Labute approximate surface area is 144 Å². The van der Waals surface area contributed by atoms with Gasteiger partial charge in [0.15, 0.2) is 0 Å². The molecule has 0 spiro atoms. The Kier molecular flexibility index (Phi) is 6.41. The number of hydrogen-bond donors (Lipinski definition) is 0. The number of ether oxygens (including phenoxy) is 1. The minimum Gasteiger partial charge on any atom is -0.497 e. The number of benzene rings is 1. The summed E-state index contributed by atoms with van der Waals surface area (Å²) in [6.07, 6.45) is 4.17. The molecule has 2 aromatic rings. The molecule has 5 nitrogen and oxygen atoms in total. The maximum Gasteiger partial charge on any atom is 0.222 e. The van der Waals surface area contributed by atoms with Crippen LogP contribution in [0.25, 0.3) is 0 Å². The summed E-state index contributed by atoms with van der Waals surface area (Å²) in [6, 6.07) is 8.01. The van der Waals surface area contributed by atoms with E-state index < -0.39 is 0 Å². The van der Waals surface area contributed by atoms with Crippen molar-refractivity contribution < 1.29 is 9.53 Å². The van der Waals surface area contributed by atoms with E-state index in [1.165, 1.54) is 5.56 Å². The van der Waals surface area contributed by atoms with Gasteiger partial charge in [-0.1, -0.05) is 12.1 Å². The van der Waals surface area contributed by atoms with Crippen molar-refractivity contribution in [2.75, 3.05) is 14.2 Å². The topological polar surface area (TPSA) is 47.4 Å². The normalized spacial score (nSPS) is 10.7. The smallest absolute Gasteiger partial charge is 0.222 e. The Morgan fingerprint density at radius 1 is 1.29 bits per heavy atom. The van der Waals surface area contributed by atoms with E-state index in [0.29, 0.717) is 13.0 Å². The lowest BCUT2D eigenvalue weighted by atomic mass is 10.1. The summed E-state index contributed by atoms with van der Waals surface area (Å²) in [6.45, 7) is 5.59. The van der Waals surface area contributed by atoms with E-state index in [-0.39, 0.29) is 5.91 Å². The highest BCUT2D eigenvalue weighted by Crippen LogP contribution is 2.14. The zero-order valence-electron chi connectivity index (χ0n) is 15.1. The number of aryl methyl sites for hydroxylation is 2. The van der Waals surface area contributed by atoms with Gasteiger partial charge in [-0.05, 0) is 44.4 Å². The van der Waals surface area contributed by atoms with Crippen molar-refractivity contribution in [1.82, 2.24) is 14.7 Å². The van der Waals surface area contributed by atoms with E-state index in [1.54, 1.807) is 12.0 Å². The lowest BCUT2D eigenvalue weighted by Gasteiger charge is -2.17. The summed E-state index contributed by atoms with van der Waals surface area (Å²) in [5, 5.41) is 4.33. The fraction of sp³-hybridized carbons (Fsp3) is 0.474. The van der Waals surface area contributed by atoms with Crippen LogP contribution in [0.2, 0.25) is 0 Å². The van der Waals surface area contributed by atoms with E-state index in [4.69, 9.17) is 4.74 Å². The predicted octanol–water partition coefficient (Wildman–Crippen LogP) is 3.20. The molecule has 0 N–H and O–H groups in total. The van der Waals surface area contributed by atoms with Gasteiger partial charge in [0.25, 0.3) is 0 Å². The highest BCUT2D eigenvalue weighted by atomic mass is 16.5. The first-order chi connectivity index (χ1) is 11.5. The van der Waals surface area contributed by atoms with Crippen molar-refractivity contribution in [3.8, 4) is 5.75 Å². The molecule has 24 heavy (non-hydrogen) atoms. The SMILES string of the molecule is CCn1ncc(CN(C)C(=O)CCCc2ccc(OC)cc2)c1C. The highest BCUT2D eigenvalue weighted by Gasteiger charge is 2.12. The van der Waals surface area contributed by atoms with E-state index in [9.17, 15) is 4.79 Å². The van der Waals surface area contributed by atoms with Crippen LogP contribution in [0.5, 0.6) is 5.75 Å². The van der Waals surface area contributed by atoms with Gasteiger partial charge in [-0.2, -0.15) is 5.10 Å². The molecule has 0 aliphatic carbocycles. The molecule has 1 aromatic carbocycles. The third kappa shape index (κ3) is 4.60. The quantitative estimate of drug-likeness (QED) is 0.747. The maximum absolute atomic E-state index is 12.3. The lowest BCUT2D eigenvalue weighted by Crippen LogP contribution is -2.26. The molecular weight excluding hydrogens is 302 g/mol. The van der Waals surface area contributed by atoms with Gasteiger partial charge >= 0.3 is 0 Å². The molecule has 130 valence electrons. The second kappa shape index (κ2) is 8.52. The fourth-order valence-corrected chi connectivity index (χ4v) is 2.73. The van der Waals surface area contributed by atoms with Gasteiger partial charge in [0.05, 0.1) is 13.3 Å². The van der Waals surface area contributed by atoms with E-state index in [2.05, 4.69) is 24.2 Å². The van der Waals surface area contributed by atoms with Crippen LogP contribution >= 0.6 is 0 Å². The highest BCUT2D eigenvalue weighted by molar-refractivity contribution is 5.75. The molecule has 0 aliphatic rings. The van der Waals surface area contributed by atoms with E-state index >= 15 is 0 Å². The number of carbonyl (C=O) groups is 1. The summed E-state index contributed by atoms with van der Waals surface area (Å²) < 4.78 is 7.11. The molecule has 1 aromatic heterocycles. The van der Waals surface area contributed by atoms with Gasteiger partial charge in [-0.3, -0.25) is 9.48 Å². The molecule has 0 saturated carbocycles. The zero-order valence-corrected chi connectivity index (χ0v) is 15.1. The Morgan fingerprint density at radius 2 is 2.00 bits per heavy atom. The molecule has 0 bridgehead atoms. The number of carbonyl (C=O) groups excluding carboxylic acids is 1. The average Bonchev–Trinajstić information content (AvgIpc) is 2.95. The van der Waals surface area contributed by atoms with Crippen molar-refractivity contribution in [3.63, 3.8) is 0 Å². The number of amides is 1. The second-order valence-corrected chi connectivity index (χ2v) is 6.02. The molecule has 1 amide bonds. The van der Waals surface area contributed by atoms with Gasteiger partial charge in [0, 0.05) is 37.8 Å². The summed E-state index contributed by atoms with van der Waals surface area (Å²) in [4.78, 5) is 14.1. The molecule has 0 saturated heterocycles. The summed E-state index contributed by atoms with van der Waals surface area (Å²) >= 11 is 0. The van der Waals surface area contributed by atoms with Gasteiger partial charge < -0.3 is 9.64 Å². The molecule has 2 rings (SSSR count). The van der Waals surface area contributed by atoms with Crippen LogP contribution in [0.3, 0.4) is 0 Å². The molecule has 0 aliphatic heterocycles. The van der Waals surface area contributed by atoms with Crippen LogP contribution in [0.1, 0.15) is 36.6 Å². The predicted molar refractivity (Wildman–Crippen MR) is 95.0 cm³/mol. The monoisotopic (exact) mass is 329 g/mol. The number of methoxy groups -OCH3 is 1. The lowest BCUT2D eigenvalue weighted by molar-refractivity contribution is -0.130. The second-order valence-electron chi connectivity index (χ2n) is 6.02. The standard InChI is InChI=1S/C19H27N3O2/c1-5-22-15(2)17(13-20-22)14-21(3)19(23)8-6-7-16-9-11-18(24-4)12-10-16/h9-13H,5-8,14H2,1-4H3. The van der Waals surface area contributed by atoms with Crippen LogP contribution in [-0.2, 0) is 24.3 Å². The third-order valence-electron chi connectivity index (χ3n) is 4.35. The van der Waals surface area contributed by atoms with Crippen molar-refractivity contribution in [3.05, 3.63) is 47.3 Å². The molecular formula is C19H27N3O2. The molecule has 5 heteroatoms. The summed E-state index contributed by atoms with van der Waals surface area (Å²) in [5.74, 6) is 1.03. The Balaban J connectivity index is 1.79. The number of nitrogens with zero attached hydrogens (tertiary/aromatic N) is 3. The van der Waals surface area contributed by atoms with Crippen molar-refractivity contribution in [1.29, 1.82) is 0 Å². The first kappa shape index (κ1) is 18.0. The number of rotatable bonds is 8. The fourth-order valence-electron chi connectivity index (χ4n) is 2.73. The van der Waals surface area contributed by atoms with Crippen LogP contribution in [0.15, 0.2) is 30.5 Å². The molecule has 0 unspecified atom stereocenters. The van der Waals surface area contributed by atoms with E-state index in [1.807, 2.05) is 37.0 Å². The van der Waals surface area contributed by atoms with Gasteiger partial charge in [-0.25, -0.2) is 0 Å². The van der Waals surface area contributed by atoms with Gasteiger partial charge in [-0.15, -0.1) is 0 Å². The summed E-state index contributed by atoms with van der Waals surface area (Å²) in [5.41, 5.74) is 3.48. The third-order valence-corrected chi connectivity index (χ3v) is 4.35. The first-order valence-electron chi connectivity index (χ1n) is 8.43. The molecule has 0 atom stereocenters. The van der Waals surface area contributed by atoms with Gasteiger partial charge in [0.2, 0.25) is 5.91 Å². The minimum atomic E-state index is 0.173. The Morgan fingerprint density at radius 3 is 2.58 bits per heavy atom. The molecule has 0 radical (unpaired) electrons. The van der Waals surface area contributed by atoms with Crippen molar-refractivity contribution in [2.24, 2.45) is 0 Å². The number of hydrogen-bond acceptors (Lipinski definition) is 3. The Bertz CT molecular complexity index is 662.